The lowest BCUT2D eigenvalue weighted by Crippen LogP contribution is -2.26. The Hall–Kier alpha value is -0.770. The van der Waals surface area contributed by atoms with Gasteiger partial charge in [0, 0.05) is 12.5 Å². The van der Waals surface area contributed by atoms with Gasteiger partial charge in [-0.15, -0.1) is 0 Å². The molecule has 1 atom stereocenters. The van der Waals surface area contributed by atoms with Gasteiger partial charge in [-0.05, 0) is 32.7 Å². The van der Waals surface area contributed by atoms with Crippen molar-refractivity contribution in [3.05, 3.63) is 0 Å². The number of nitrogens with one attached hydrogen (secondary N) is 1. The molecule has 0 saturated carbocycles. The van der Waals surface area contributed by atoms with E-state index in [2.05, 4.69) is 24.3 Å². The third-order valence-corrected chi connectivity index (χ3v) is 2.20. The lowest BCUT2D eigenvalue weighted by molar-refractivity contribution is 0.316. The first kappa shape index (κ1) is 13.2. The van der Waals surface area contributed by atoms with Gasteiger partial charge in [0.15, 0.2) is 0 Å². The topological polar surface area (TPSA) is 70.6 Å². The minimum Gasteiger partial charge on any atom is -0.409 e. The third-order valence-electron chi connectivity index (χ3n) is 2.20. The summed E-state index contributed by atoms with van der Waals surface area (Å²) in [6.07, 6.45) is 5.17. The first-order valence-corrected chi connectivity index (χ1v) is 5.40. The van der Waals surface area contributed by atoms with Crippen LogP contribution in [0.3, 0.4) is 0 Å². The fraction of sp³-hybridized carbons (Fsp3) is 0.900. The molecule has 0 bridgehead atoms. The largest absolute Gasteiger partial charge is 0.409 e. The van der Waals surface area contributed by atoms with Crippen LogP contribution in [0.5, 0.6) is 0 Å². The Morgan fingerprint density at radius 3 is 2.79 bits per heavy atom. The fourth-order valence-electron chi connectivity index (χ4n) is 1.36. The lowest BCUT2D eigenvalue weighted by Gasteiger charge is -2.11. The molecule has 0 aliphatic rings. The van der Waals surface area contributed by atoms with Crippen LogP contribution in [-0.2, 0) is 0 Å². The van der Waals surface area contributed by atoms with E-state index in [1.807, 2.05) is 0 Å². The van der Waals surface area contributed by atoms with Gasteiger partial charge in [0.1, 0.15) is 5.84 Å². The molecule has 0 saturated heterocycles. The SMILES string of the molecule is CCCC(C)NCCCCC(N)=NO. The summed E-state index contributed by atoms with van der Waals surface area (Å²) in [6.45, 7) is 5.41. The molecule has 14 heavy (non-hydrogen) atoms. The molecule has 0 spiro atoms. The van der Waals surface area contributed by atoms with Crippen LogP contribution in [0.1, 0.15) is 46.0 Å². The van der Waals surface area contributed by atoms with Gasteiger partial charge in [-0.2, -0.15) is 0 Å². The maximum absolute atomic E-state index is 8.30. The molecule has 4 heteroatoms. The molecule has 0 aliphatic carbocycles. The van der Waals surface area contributed by atoms with Crippen LogP contribution in [0.25, 0.3) is 0 Å². The van der Waals surface area contributed by atoms with E-state index >= 15 is 0 Å². The molecule has 0 radical (unpaired) electrons. The van der Waals surface area contributed by atoms with E-state index in [9.17, 15) is 0 Å². The third kappa shape index (κ3) is 7.86. The minimum atomic E-state index is 0.326. The predicted molar refractivity (Wildman–Crippen MR) is 59.6 cm³/mol. The number of nitrogens with zero attached hydrogens (tertiary/aromatic N) is 1. The maximum Gasteiger partial charge on any atom is 0.139 e. The molecule has 1 unspecified atom stereocenters. The highest BCUT2D eigenvalue weighted by Gasteiger charge is 1.98. The Bertz CT molecular complexity index is 159. The summed E-state index contributed by atoms with van der Waals surface area (Å²) in [5.74, 6) is 0.326. The second kappa shape index (κ2) is 8.81. The van der Waals surface area contributed by atoms with Gasteiger partial charge >= 0.3 is 0 Å². The van der Waals surface area contributed by atoms with Gasteiger partial charge < -0.3 is 16.3 Å². The Labute approximate surface area is 86.6 Å². The average Bonchev–Trinajstić information content (AvgIpc) is 2.17. The summed E-state index contributed by atoms with van der Waals surface area (Å²) in [4.78, 5) is 0. The molecular formula is C10H23N3O. The van der Waals surface area contributed by atoms with Crippen molar-refractivity contribution in [2.75, 3.05) is 6.54 Å². The van der Waals surface area contributed by atoms with Gasteiger partial charge in [-0.25, -0.2) is 0 Å². The molecule has 4 N–H and O–H groups in total. The van der Waals surface area contributed by atoms with Gasteiger partial charge in [-0.3, -0.25) is 0 Å². The normalized spacial score (nSPS) is 14.3. The van der Waals surface area contributed by atoms with Crippen LogP contribution >= 0.6 is 0 Å². The molecule has 0 rings (SSSR count). The molecule has 0 amide bonds. The number of nitrogens with two attached hydrogens (primary N) is 1. The summed E-state index contributed by atoms with van der Waals surface area (Å²) in [5.41, 5.74) is 5.34. The van der Waals surface area contributed by atoms with E-state index in [-0.39, 0.29) is 0 Å². The van der Waals surface area contributed by atoms with Gasteiger partial charge in [0.2, 0.25) is 0 Å². The van der Waals surface area contributed by atoms with Crippen LogP contribution in [0.15, 0.2) is 5.16 Å². The van der Waals surface area contributed by atoms with Crippen molar-refractivity contribution < 1.29 is 5.21 Å². The van der Waals surface area contributed by atoms with Crippen LogP contribution in [0.2, 0.25) is 0 Å². The first-order chi connectivity index (χ1) is 6.70. The molecule has 84 valence electrons. The van der Waals surface area contributed by atoms with E-state index in [0.29, 0.717) is 18.3 Å². The predicted octanol–water partition coefficient (Wildman–Crippen LogP) is 1.68. The van der Waals surface area contributed by atoms with E-state index < -0.39 is 0 Å². The van der Waals surface area contributed by atoms with Gasteiger partial charge in [-0.1, -0.05) is 18.5 Å². The zero-order valence-electron chi connectivity index (χ0n) is 9.29. The van der Waals surface area contributed by atoms with Gasteiger partial charge in [0.25, 0.3) is 0 Å². The molecular weight excluding hydrogens is 178 g/mol. The van der Waals surface area contributed by atoms with Crippen LogP contribution in [-0.4, -0.2) is 23.6 Å². The van der Waals surface area contributed by atoms with E-state index in [1.54, 1.807) is 0 Å². The average molecular weight is 201 g/mol. The number of hydrogen-bond acceptors (Lipinski definition) is 3. The van der Waals surface area contributed by atoms with E-state index in [1.165, 1.54) is 12.8 Å². The highest BCUT2D eigenvalue weighted by atomic mass is 16.4. The Kier molecular flexibility index (Phi) is 8.33. The Morgan fingerprint density at radius 1 is 1.50 bits per heavy atom. The smallest absolute Gasteiger partial charge is 0.139 e. The Morgan fingerprint density at radius 2 is 2.21 bits per heavy atom. The standard InChI is InChI=1S/C10H23N3O/c1-3-6-9(2)12-8-5-4-7-10(11)13-14/h9,12,14H,3-8H2,1-2H3,(H2,11,13). The van der Waals surface area contributed by atoms with Crippen molar-refractivity contribution in [2.24, 2.45) is 10.9 Å². The molecule has 4 nitrogen and oxygen atoms in total. The summed E-state index contributed by atoms with van der Waals surface area (Å²) < 4.78 is 0. The number of amidine groups is 1. The quantitative estimate of drug-likeness (QED) is 0.184. The highest BCUT2D eigenvalue weighted by Crippen LogP contribution is 1.97. The fourth-order valence-corrected chi connectivity index (χ4v) is 1.36. The summed E-state index contributed by atoms with van der Waals surface area (Å²) in [6, 6.07) is 0.601. The number of oxime groups is 1. The number of unbranched alkanes of at least 4 members (excludes halogenated alkanes) is 1. The minimum absolute atomic E-state index is 0.326. The zero-order chi connectivity index (χ0) is 10.8. The zero-order valence-corrected chi connectivity index (χ0v) is 9.29. The lowest BCUT2D eigenvalue weighted by atomic mass is 10.2. The van der Waals surface area contributed by atoms with Crippen molar-refractivity contribution in [3.63, 3.8) is 0 Å². The van der Waals surface area contributed by atoms with Crippen molar-refractivity contribution >= 4 is 5.84 Å². The van der Waals surface area contributed by atoms with Crippen molar-refractivity contribution in [1.29, 1.82) is 0 Å². The summed E-state index contributed by atoms with van der Waals surface area (Å²) in [5, 5.41) is 14.7. The van der Waals surface area contributed by atoms with Crippen LogP contribution in [0, 0.1) is 0 Å². The maximum atomic E-state index is 8.30. The van der Waals surface area contributed by atoms with E-state index in [4.69, 9.17) is 10.9 Å². The highest BCUT2D eigenvalue weighted by molar-refractivity contribution is 5.79. The second-order valence-corrected chi connectivity index (χ2v) is 3.69. The van der Waals surface area contributed by atoms with Crippen molar-refractivity contribution in [2.45, 2.75) is 52.0 Å². The number of hydrogen-bond donors (Lipinski definition) is 3. The van der Waals surface area contributed by atoms with Crippen molar-refractivity contribution in [3.8, 4) is 0 Å². The monoisotopic (exact) mass is 201 g/mol. The van der Waals surface area contributed by atoms with Gasteiger partial charge in [0.05, 0.1) is 0 Å². The summed E-state index contributed by atoms with van der Waals surface area (Å²) in [7, 11) is 0. The van der Waals surface area contributed by atoms with Crippen LogP contribution < -0.4 is 11.1 Å². The molecule has 0 heterocycles. The molecule has 0 aliphatic heterocycles. The Balaban J connectivity index is 3.21. The molecule has 0 aromatic heterocycles. The van der Waals surface area contributed by atoms with E-state index in [0.717, 1.165) is 19.4 Å². The van der Waals surface area contributed by atoms with Crippen LogP contribution in [0.4, 0.5) is 0 Å². The first-order valence-electron chi connectivity index (χ1n) is 5.40. The number of rotatable bonds is 8. The van der Waals surface area contributed by atoms with Crippen molar-refractivity contribution in [1.82, 2.24) is 5.32 Å². The second-order valence-electron chi connectivity index (χ2n) is 3.69. The molecule has 0 aromatic rings. The summed E-state index contributed by atoms with van der Waals surface area (Å²) >= 11 is 0. The molecule has 0 aromatic carbocycles. The molecule has 0 fully saturated rings.